The van der Waals surface area contributed by atoms with Gasteiger partial charge in [-0.2, -0.15) is 5.26 Å². The van der Waals surface area contributed by atoms with Crippen LogP contribution in [0.1, 0.15) is 56.7 Å². The average Bonchev–Trinajstić information content (AvgIpc) is 2.34. The second kappa shape index (κ2) is 5.97. The zero-order valence-electron chi connectivity index (χ0n) is 13.1. The van der Waals surface area contributed by atoms with Gasteiger partial charge in [-0.15, -0.1) is 0 Å². The van der Waals surface area contributed by atoms with Crippen LogP contribution in [0.25, 0.3) is 0 Å². The molecule has 0 radical (unpaired) electrons. The maximum Gasteiger partial charge on any atom is 0.0991 e. The molecule has 0 bridgehead atoms. The Kier molecular flexibility index (Phi) is 4.50. The number of benzene rings is 1. The number of hydrogen-bond donors (Lipinski definition) is 0. The molecule has 2 rings (SSSR count). The van der Waals surface area contributed by atoms with E-state index in [1.807, 2.05) is 25.1 Å². The summed E-state index contributed by atoms with van der Waals surface area (Å²) < 4.78 is 6.15. The van der Waals surface area contributed by atoms with Gasteiger partial charge in [0.15, 0.2) is 0 Å². The van der Waals surface area contributed by atoms with Crippen LogP contribution in [-0.4, -0.2) is 6.10 Å². The van der Waals surface area contributed by atoms with Crippen LogP contribution in [0.5, 0.6) is 0 Å². The lowest BCUT2D eigenvalue weighted by molar-refractivity contribution is -0.0317. The molecule has 2 unspecified atom stereocenters. The molecule has 1 saturated carbocycles. The molecule has 0 aromatic heterocycles. The predicted octanol–water partition coefficient (Wildman–Crippen LogP) is 4.60. The fourth-order valence-electron chi connectivity index (χ4n) is 3.52. The van der Waals surface area contributed by atoms with E-state index in [0.717, 1.165) is 23.5 Å². The van der Waals surface area contributed by atoms with Crippen molar-refractivity contribution in [3.8, 4) is 6.07 Å². The molecular weight excluding hydrogens is 246 g/mol. The van der Waals surface area contributed by atoms with E-state index in [-0.39, 0.29) is 0 Å². The minimum absolute atomic E-state index is 0.365. The van der Waals surface area contributed by atoms with Crippen LogP contribution in [0, 0.1) is 29.6 Å². The van der Waals surface area contributed by atoms with Gasteiger partial charge in [-0.3, -0.25) is 0 Å². The van der Waals surface area contributed by atoms with Crippen molar-refractivity contribution in [1.29, 1.82) is 5.26 Å². The summed E-state index contributed by atoms with van der Waals surface area (Å²) in [5.74, 6) is 0.741. The van der Waals surface area contributed by atoms with Crippen LogP contribution in [-0.2, 0) is 11.3 Å². The van der Waals surface area contributed by atoms with Crippen molar-refractivity contribution < 1.29 is 4.74 Å². The Morgan fingerprint density at radius 2 is 2.10 bits per heavy atom. The van der Waals surface area contributed by atoms with E-state index in [4.69, 9.17) is 10.00 Å². The average molecular weight is 271 g/mol. The molecule has 2 heteroatoms. The number of ether oxygens (including phenoxy) is 1. The van der Waals surface area contributed by atoms with Crippen molar-refractivity contribution in [1.82, 2.24) is 0 Å². The smallest absolute Gasteiger partial charge is 0.0991 e. The summed E-state index contributed by atoms with van der Waals surface area (Å²) in [6, 6.07) is 8.01. The second-order valence-electron chi connectivity index (χ2n) is 7.10. The Morgan fingerprint density at radius 3 is 2.70 bits per heavy atom. The lowest BCUT2D eigenvalue weighted by Crippen LogP contribution is -2.32. The first-order valence-electron chi connectivity index (χ1n) is 7.51. The largest absolute Gasteiger partial charge is 0.374 e. The third-order valence-corrected chi connectivity index (χ3v) is 4.29. The first-order valence-corrected chi connectivity index (χ1v) is 7.51. The number of aryl methyl sites for hydroxylation is 1. The van der Waals surface area contributed by atoms with Crippen molar-refractivity contribution in [2.45, 2.75) is 59.7 Å². The molecule has 0 heterocycles. The number of nitriles is 1. The summed E-state index contributed by atoms with van der Waals surface area (Å²) in [7, 11) is 0. The number of nitrogens with zero attached hydrogens (tertiary/aromatic N) is 1. The highest BCUT2D eigenvalue weighted by Crippen LogP contribution is 2.39. The van der Waals surface area contributed by atoms with Gasteiger partial charge < -0.3 is 4.74 Å². The molecule has 0 spiro atoms. The Labute approximate surface area is 122 Å². The third kappa shape index (κ3) is 3.84. The fourth-order valence-corrected chi connectivity index (χ4v) is 3.52. The van der Waals surface area contributed by atoms with Gasteiger partial charge in [0.2, 0.25) is 0 Å². The zero-order valence-corrected chi connectivity index (χ0v) is 13.1. The first-order chi connectivity index (χ1) is 9.39. The van der Waals surface area contributed by atoms with Crippen LogP contribution < -0.4 is 0 Å². The summed E-state index contributed by atoms with van der Waals surface area (Å²) in [5.41, 5.74) is 3.45. The molecule has 20 heavy (non-hydrogen) atoms. The van der Waals surface area contributed by atoms with Crippen molar-refractivity contribution in [2.24, 2.45) is 11.3 Å². The molecule has 1 fully saturated rings. The molecule has 0 saturated heterocycles. The summed E-state index contributed by atoms with van der Waals surface area (Å²) in [4.78, 5) is 0. The SMILES string of the molecule is Cc1cc(C#N)ccc1COC1CC(C)CC(C)(C)C1. The third-order valence-electron chi connectivity index (χ3n) is 4.29. The molecule has 1 aliphatic rings. The maximum atomic E-state index is 8.89. The maximum absolute atomic E-state index is 8.89. The van der Waals surface area contributed by atoms with Crippen LogP contribution in [0.2, 0.25) is 0 Å². The van der Waals surface area contributed by atoms with Crippen molar-refractivity contribution >= 4 is 0 Å². The van der Waals surface area contributed by atoms with Crippen molar-refractivity contribution in [2.75, 3.05) is 0 Å². The summed E-state index contributed by atoms with van der Waals surface area (Å²) in [5, 5.41) is 8.89. The molecule has 0 amide bonds. The van der Waals surface area contributed by atoms with E-state index in [1.165, 1.54) is 18.4 Å². The van der Waals surface area contributed by atoms with Gasteiger partial charge in [0.05, 0.1) is 24.3 Å². The van der Waals surface area contributed by atoms with E-state index in [9.17, 15) is 0 Å². The monoisotopic (exact) mass is 271 g/mol. The van der Waals surface area contributed by atoms with E-state index >= 15 is 0 Å². The van der Waals surface area contributed by atoms with Gasteiger partial charge in [-0.1, -0.05) is 26.8 Å². The lowest BCUT2D eigenvalue weighted by Gasteiger charge is -2.38. The molecular formula is C18H25NO. The fraction of sp³-hybridized carbons (Fsp3) is 0.611. The van der Waals surface area contributed by atoms with E-state index < -0.39 is 0 Å². The molecule has 1 aromatic rings. The zero-order chi connectivity index (χ0) is 14.8. The Bertz CT molecular complexity index is 513. The predicted molar refractivity (Wildman–Crippen MR) is 81.3 cm³/mol. The van der Waals surface area contributed by atoms with Gasteiger partial charge in [0.25, 0.3) is 0 Å². The Hall–Kier alpha value is -1.33. The first kappa shape index (κ1) is 15.1. The summed E-state index contributed by atoms with van der Waals surface area (Å²) >= 11 is 0. The standard InChI is InChI=1S/C18H25NO/c1-13-7-17(10-18(3,4)9-13)20-12-16-6-5-15(11-19)8-14(16)2/h5-6,8,13,17H,7,9-10,12H2,1-4H3. The summed E-state index contributed by atoms with van der Waals surface area (Å²) in [6.45, 7) is 9.71. The molecule has 1 aromatic carbocycles. The highest BCUT2D eigenvalue weighted by atomic mass is 16.5. The highest BCUT2D eigenvalue weighted by Gasteiger charge is 2.32. The number of hydrogen-bond acceptors (Lipinski definition) is 2. The molecule has 0 aliphatic heterocycles. The van der Waals surface area contributed by atoms with Gasteiger partial charge in [-0.25, -0.2) is 0 Å². The van der Waals surface area contributed by atoms with Crippen molar-refractivity contribution in [3.05, 3.63) is 34.9 Å². The van der Waals surface area contributed by atoms with Crippen LogP contribution in [0.15, 0.2) is 18.2 Å². The van der Waals surface area contributed by atoms with Gasteiger partial charge in [-0.05, 0) is 60.8 Å². The minimum Gasteiger partial charge on any atom is -0.374 e. The van der Waals surface area contributed by atoms with E-state index in [1.54, 1.807) is 0 Å². The van der Waals surface area contributed by atoms with Gasteiger partial charge in [0, 0.05) is 0 Å². The van der Waals surface area contributed by atoms with Gasteiger partial charge in [0.1, 0.15) is 0 Å². The molecule has 2 nitrogen and oxygen atoms in total. The van der Waals surface area contributed by atoms with Crippen molar-refractivity contribution in [3.63, 3.8) is 0 Å². The number of rotatable bonds is 3. The second-order valence-corrected chi connectivity index (χ2v) is 7.10. The van der Waals surface area contributed by atoms with Crippen LogP contribution in [0.4, 0.5) is 0 Å². The van der Waals surface area contributed by atoms with Gasteiger partial charge >= 0.3 is 0 Å². The summed E-state index contributed by atoms with van der Waals surface area (Å²) in [6.07, 6.45) is 3.97. The van der Waals surface area contributed by atoms with E-state index in [0.29, 0.717) is 18.1 Å². The van der Waals surface area contributed by atoms with Crippen LogP contribution in [0.3, 0.4) is 0 Å². The minimum atomic E-state index is 0.365. The molecule has 108 valence electrons. The Morgan fingerprint density at radius 1 is 1.35 bits per heavy atom. The Balaban J connectivity index is 1.97. The molecule has 0 N–H and O–H groups in total. The molecule has 1 aliphatic carbocycles. The lowest BCUT2D eigenvalue weighted by atomic mass is 9.71. The van der Waals surface area contributed by atoms with E-state index in [2.05, 4.69) is 26.8 Å². The highest BCUT2D eigenvalue weighted by molar-refractivity contribution is 5.37. The normalized spacial score (nSPS) is 25.1. The molecule has 2 atom stereocenters. The topological polar surface area (TPSA) is 33.0 Å². The quantitative estimate of drug-likeness (QED) is 0.805. The van der Waals surface area contributed by atoms with Crippen LogP contribution >= 0.6 is 0 Å².